The van der Waals surface area contributed by atoms with Crippen LogP contribution in [0.1, 0.15) is 41.0 Å². The molecular weight excluding hydrogens is 407 g/mol. The zero-order valence-electron chi connectivity index (χ0n) is 16.7. The Kier molecular flexibility index (Phi) is 5.36. The largest absolute Gasteiger partial charge is 0.435 e. The summed E-state index contributed by atoms with van der Waals surface area (Å²) in [5, 5.41) is 0. The van der Waals surface area contributed by atoms with E-state index in [1.807, 2.05) is 0 Å². The van der Waals surface area contributed by atoms with Crippen molar-refractivity contribution in [2.75, 3.05) is 13.7 Å². The molecule has 1 aliphatic heterocycles. The van der Waals surface area contributed by atoms with E-state index < -0.39 is 18.8 Å². The van der Waals surface area contributed by atoms with Crippen molar-refractivity contribution < 1.29 is 22.7 Å². The molecule has 5 nitrogen and oxygen atoms in total. The number of amides is 1. The third-order valence-corrected chi connectivity index (χ3v) is 5.48. The van der Waals surface area contributed by atoms with Gasteiger partial charge in [-0.1, -0.05) is 30.0 Å². The molecule has 2 aromatic carbocycles. The molecule has 1 heterocycles. The zero-order valence-corrected chi connectivity index (χ0v) is 16.7. The van der Waals surface area contributed by atoms with Gasteiger partial charge in [0.1, 0.15) is 5.75 Å². The van der Waals surface area contributed by atoms with Crippen LogP contribution in [0.5, 0.6) is 5.75 Å². The lowest BCUT2D eigenvalue weighted by Crippen LogP contribution is -2.41. The first kappa shape index (κ1) is 20.8. The van der Waals surface area contributed by atoms with Crippen molar-refractivity contribution in [2.24, 2.45) is 10.7 Å². The van der Waals surface area contributed by atoms with Gasteiger partial charge in [-0.2, -0.15) is 8.78 Å². The van der Waals surface area contributed by atoms with Crippen LogP contribution in [0.25, 0.3) is 0 Å². The molecule has 1 atom stereocenters. The maximum atomic E-state index is 13.4. The zero-order chi connectivity index (χ0) is 22.2. The highest BCUT2D eigenvalue weighted by Crippen LogP contribution is 2.48. The summed E-state index contributed by atoms with van der Waals surface area (Å²) >= 11 is 0. The van der Waals surface area contributed by atoms with E-state index in [-0.39, 0.29) is 23.5 Å². The average molecular weight is 427 g/mol. The van der Waals surface area contributed by atoms with E-state index in [1.165, 1.54) is 18.0 Å². The number of guanidine groups is 1. The molecule has 2 N–H and O–H groups in total. The van der Waals surface area contributed by atoms with E-state index >= 15 is 0 Å². The molecular formula is C23H20F3N3O2. The number of carbonyl (C=O) groups is 1. The monoisotopic (exact) mass is 427 g/mol. The highest BCUT2D eigenvalue weighted by atomic mass is 19.3. The van der Waals surface area contributed by atoms with Crippen LogP contribution < -0.4 is 10.5 Å². The summed E-state index contributed by atoms with van der Waals surface area (Å²) in [5.74, 6) is 4.89. The fourth-order valence-electron chi connectivity index (χ4n) is 3.83. The number of nitrogens with two attached hydrogens (primary N) is 1. The van der Waals surface area contributed by atoms with E-state index in [1.54, 1.807) is 36.4 Å². The minimum atomic E-state index is -2.95. The number of alkyl halides is 3. The van der Waals surface area contributed by atoms with Gasteiger partial charge in [0.2, 0.25) is 0 Å². The molecule has 1 aliphatic carbocycles. The van der Waals surface area contributed by atoms with E-state index in [0.29, 0.717) is 22.3 Å². The number of halogens is 3. The molecule has 31 heavy (non-hydrogen) atoms. The van der Waals surface area contributed by atoms with Gasteiger partial charge in [-0.3, -0.25) is 9.69 Å². The lowest BCUT2D eigenvalue weighted by atomic mass is 9.81. The molecule has 2 aliphatic rings. The van der Waals surface area contributed by atoms with Crippen molar-refractivity contribution in [1.29, 1.82) is 0 Å². The van der Waals surface area contributed by atoms with Crippen molar-refractivity contribution in [2.45, 2.75) is 30.9 Å². The van der Waals surface area contributed by atoms with E-state index in [4.69, 9.17) is 10.5 Å². The van der Waals surface area contributed by atoms with Gasteiger partial charge in [-0.05, 0) is 59.7 Å². The average Bonchev–Trinajstić information content (AvgIpc) is 3.57. The molecule has 0 spiro atoms. The van der Waals surface area contributed by atoms with E-state index in [2.05, 4.69) is 16.8 Å². The number of hydrogen-bond acceptors (Lipinski definition) is 4. The molecule has 1 fully saturated rings. The predicted molar refractivity (Wildman–Crippen MR) is 110 cm³/mol. The SMILES string of the molecule is CN1C(=O)[C@@](c2cccc(C#CCF)c2)(c2ccc(OC(F)F)c(C3CC3)c2)N=C1N. The van der Waals surface area contributed by atoms with Crippen LogP contribution in [0.4, 0.5) is 13.2 Å². The van der Waals surface area contributed by atoms with Gasteiger partial charge in [0, 0.05) is 12.6 Å². The number of likely N-dealkylation sites (N-methyl/N-ethyl adjacent to an activating group) is 1. The predicted octanol–water partition coefficient (Wildman–Crippen LogP) is 3.52. The molecule has 1 amide bonds. The summed E-state index contributed by atoms with van der Waals surface area (Å²) in [5.41, 5.74) is 6.62. The van der Waals surface area contributed by atoms with Gasteiger partial charge in [0.05, 0.1) is 0 Å². The first-order valence-electron chi connectivity index (χ1n) is 9.75. The molecule has 0 unspecified atom stereocenters. The maximum absolute atomic E-state index is 13.4. The molecule has 2 aromatic rings. The number of aliphatic imine (C=N–C) groups is 1. The van der Waals surface area contributed by atoms with Crippen molar-refractivity contribution >= 4 is 11.9 Å². The fraction of sp³-hybridized carbons (Fsp3) is 0.304. The molecule has 8 heteroatoms. The van der Waals surface area contributed by atoms with Crippen molar-refractivity contribution in [1.82, 2.24) is 4.90 Å². The molecule has 1 saturated carbocycles. The van der Waals surface area contributed by atoms with E-state index in [0.717, 1.165) is 12.8 Å². The van der Waals surface area contributed by atoms with Crippen LogP contribution in [0.2, 0.25) is 0 Å². The summed E-state index contributed by atoms with van der Waals surface area (Å²) in [6.45, 7) is -3.74. The summed E-state index contributed by atoms with van der Waals surface area (Å²) < 4.78 is 42.9. The Morgan fingerprint density at radius 3 is 2.61 bits per heavy atom. The minimum absolute atomic E-state index is 0.0334. The van der Waals surface area contributed by atoms with Crippen LogP contribution in [-0.4, -0.2) is 37.1 Å². The third kappa shape index (κ3) is 3.72. The summed E-state index contributed by atoms with van der Waals surface area (Å²) in [6.07, 6.45) is 1.70. The first-order chi connectivity index (χ1) is 14.9. The fourth-order valence-corrected chi connectivity index (χ4v) is 3.83. The van der Waals surface area contributed by atoms with Crippen LogP contribution >= 0.6 is 0 Å². The summed E-state index contributed by atoms with van der Waals surface area (Å²) in [7, 11) is 1.52. The second-order valence-corrected chi connectivity index (χ2v) is 7.47. The van der Waals surface area contributed by atoms with E-state index in [9.17, 15) is 18.0 Å². The Morgan fingerprint density at radius 2 is 2.00 bits per heavy atom. The summed E-state index contributed by atoms with van der Waals surface area (Å²) in [6, 6.07) is 11.5. The molecule has 0 bridgehead atoms. The Balaban J connectivity index is 1.90. The lowest BCUT2D eigenvalue weighted by molar-refractivity contribution is -0.129. The third-order valence-electron chi connectivity index (χ3n) is 5.48. The Morgan fingerprint density at radius 1 is 1.26 bits per heavy atom. The smallest absolute Gasteiger partial charge is 0.387 e. The number of benzene rings is 2. The Labute approximate surface area is 177 Å². The van der Waals surface area contributed by atoms with Gasteiger partial charge in [0.25, 0.3) is 5.91 Å². The highest BCUT2D eigenvalue weighted by molar-refractivity contribution is 6.09. The van der Waals surface area contributed by atoms with Gasteiger partial charge in [-0.25, -0.2) is 9.38 Å². The second kappa shape index (κ2) is 7.99. The molecule has 160 valence electrons. The van der Waals surface area contributed by atoms with Gasteiger partial charge in [0.15, 0.2) is 18.2 Å². The Hall–Kier alpha value is -3.47. The number of carbonyl (C=O) groups excluding carboxylic acids is 1. The van der Waals surface area contributed by atoms with Gasteiger partial charge >= 0.3 is 6.61 Å². The first-order valence-corrected chi connectivity index (χ1v) is 9.75. The molecule has 4 rings (SSSR count). The number of nitrogens with zero attached hydrogens (tertiary/aromatic N) is 2. The number of ether oxygens (including phenoxy) is 1. The standard InChI is InChI=1S/C23H20F3N3O2/c1-29-20(30)23(28-22(29)27,16-6-2-4-14(12-16)5-3-11-24)17-9-10-19(31-21(25)26)18(13-17)15-7-8-15/h2,4,6,9-10,12-13,15,21H,7-8,11H2,1H3,(H2,27,28)/t23-/m1/s1. The van der Waals surface area contributed by atoms with Crippen LogP contribution in [0.15, 0.2) is 47.5 Å². The molecule has 0 saturated heterocycles. The number of rotatable bonds is 5. The second-order valence-electron chi connectivity index (χ2n) is 7.47. The van der Waals surface area contributed by atoms with Crippen molar-refractivity contribution in [3.05, 3.63) is 64.7 Å². The molecule has 0 aromatic heterocycles. The van der Waals surface area contributed by atoms with Crippen LogP contribution in [0, 0.1) is 11.8 Å². The number of hydrogen-bond donors (Lipinski definition) is 1. The van der Waals surface area contributed by atoms with Crippen LogP contribution in [-0.2, 0) is 10.3 Å². The topological polar surface area (TPSA) is 67.9 Å². The maximum Gasteiger partial charge on any atom is 0.387 e. The van der Waals surface area contributed by atoms with Crippen molar-refractivity contribution in [3.63, 3.8) is 0 Å². The van der Waals surface area contributed by atoms with Gasteiger partial charge < -0.3 is 10.5 Å². The van der Waals surface area contributed by atoms with Gasteiger partial charge in [-0.15, -0.1) is 0 Å². The normalized spacial score (nSPS) is 20.5. The highest BCUT2D eigenvalue weighted by Gasteiger charge is 2.50. The molecule has 0 radical (unpaired) electrons. The van der Waals surface area contributed by atoms with Crippen LogP contribution in [0.3, 0.4) is 0 Å². The lowest BCUT2D eigenvalue weighted by Gasteiger charge is -2.27. The Bertz CT molecular complexity index is 1120. The quantitative estimate of drug-likeness (QED) is 0.743. The van der Waals surface area contributed by atoms with Crippen molar-refractivity contribution in [3.8, 4) is 17.6 Å². The minimum Gasteiger partial charge on any atom is -0.435 e. The summed E-state index contributed by atoms with van der Waals surface area (Å²) in [4.78, 5) is 19.2.